The zero-order valence-electron chi connectivity index (χ0n) is 16.7. The lowest BCUT2D eigenvalue weighted by molar-refractivity contribution is 0.216. The van der Waals surface area contributed by atoms with Crippen molar-refractivity contribution in [3.8, 4) is 0 Å². The van der Waals surface area contributed by atoms with E-state index in [0.29, 0.717) is 5.92 Å². The molecule has 0 fully saturated rings. The second-order valence-corrected chi connectivity index (χ2v) is 7.84. The number of aromatic nitrogens is 1. The standard InChI is InChI=1S/C23H34N2O/c1-17(2)9-10-23(22-15-24-12-11-19(22)4)25-14-20(16-26)13-21-8-6-5-7-18(21)3/h5-8,11-12,15,17,20,23,25-26H,9-10,13-14,16H2,1-4H3. The molecule has 0 saturated heterocycles. The fourth-order valence-electron chi connectivity index (χ4n) is 3.37. The lowest BCUT2D eigenvalue weighted by Gasteiger charge is -2.24. The average molecular weight is 355 g/mol. The van der Waals surface area contributed by atoms with Crippen LogP contribution >= 0.6 is 0 Å². The Morgan fingerprint density at radius 1 is 1.04 bits per heavy atom. The molecule has 3 heteroatoms. The molecule has 2 atom stereocenters. The van der Waals surface area contributed by atoms with E-state index in [-0.39, 0.29) is 18.6 Å². The Kier molecular flexibility index (Phi) is 8.27. The molecule has 0 aliphatic heterocycles. The van der Waals surface area contributed by atoms with Crippen molar-refractivity contribution >= 4 is 0 Å². The fraction of sp³-hybridized carbons (Fsp3) is 0.522. The normalized spacial score (nSPS) is 13.8. The van der Waals surface area contributed by atoms with E-state index in [1.165, 1.54) is 28.7 Å². The highest BCUT2D eigenvalue weighted by Gasteiger charge is 2.17. The summed E-state index contributed by atoms with van der Waals surface area (Å²) in [4.78, 5) is 4.33. The summed E-state index contributed by atoms with van der Waals surface area (Å²) in [5.41, 5.74) is 5.18. The van der Waals surface area contributed by atoms with Crippen molar-refractivity contribution in [2.24, 2.45) is 11.8 Å². The monoisotopic (exact) mass is 354 g/mol. The Labute approximate surface area is 158 Å². The minimum absolute atomic E-state index is 0.199. The van der Waals surface area contributed by atoms with Gasteiger partial charge < -0.3 is 10.4 Å². The largest absolute Gasteiger partial charge is 0.396 e. The van der Waals surface area contributed by atoms with Gasteiger partial charge in [-0.2, -0.15) is 0 Å². The second kappa shape index (κ2) is 10.4. The molecule has 0 spiro atoms. The molecule has 0 aliphatic carbocycles. The molecular weight excluding hydrogens is 320 g/mol. The molecule has 2 unspecified atom stereocenters. The van der Waals surface area contributed by atoms with Crippen LogP contribution in [0.15, 0.2) is 42.7 Å². The van der Waals surface area contributed by atoms with Gasteiger partial charge in [-0.15, -0.1) is 0 Å². The number of pyridine rings is 1. The lowest BCUT2D eigenvalue weighted by atomic mass is 9.93. The van der Waals surface area contributed by atoms with E-state index in [2.05, 4.69) is 68.3 Å². The van der Waals surface area contributed by atoms with Gasteiger partial charge >= 0.3 is 0 Å². The van der Waals surface area contributed by atoms with E-state index in [9.17, 15) is 5.11 Å². The molecule has 0 amide bonds. The van der Waals surface area contributed by atoms with Crippen LogP contribution in [-0.4, -0.2) is 23.2 Å². The van der Waals surface area contributed by atoms with Gasteiger partial charge in [-0.3, -0.25) is 4.98 Å². The van der Waals surface area contributed by atoms with Crippen molar-refractivity contribution in [1.29, 1.82) is 0 Å². The molecule has 0 saturated carbocycles. The number of hydrogen-bond donors (Lipinski definition) is 2. The van der Waals surface area contributed by atoms with Gasteiger partial charge in [0.25, 0.3) is 0 Å². The highest BCUT2D eigenvalue weighted by atomic mass is 16.3. The summed E-state index contributed by atoms with van der Waals surface area (Å²) in [5.74, 6) is 0.895. The van der Waals surface area contributed by atoms with Crippen molar-refractivity contribution in [3.05, 3.63) is 65.0 Å². The van der Waals surface area contributed by atoms with Gasteiger partial charge in [0, 0.05) is 31.6 Å². The summed E-state index contributed by atoms with van der Waals surface area (Å²) in [6.07, 6.45) is 7.01. The molecule has 0 bridgehead atoms. The first-order valence-corrected chi connectivity index (χ1v) is 9.80. The van der Waals surface area contributed by atoms with E-state index in [1.807, 2.05) is 12.4 Å². The first-order chi connectivity index (χ1) is 12.5. The Balaban J connectivity index is 2.04. The summed E-state index contributed by atoms with van der Waals surface area (Å²) >= 11 is 0. The summed E-state index contributed by atoms with van der Waals surface area (Å²) in [7, 11) is 0. The van der Waals surface area contributed by atoms with Crippen LogP contribution < -0.4 is 5.32 Å². The zero-order chi connectivity index (χ0) is 18.9. The maximum Gasteiger partial charge on any atom is 0.0474 e. The number of aliphatic hydroxyl groups excluding tert-OH is 1. The number of benzene rings is 1. The summed E-state index contributed by atoms with van der Waals surface area (Å²) in [5, 5.41) is 13.6. The molecule has 2 N–H and O–H groups in total. The molecule has 1 aromatic heterocycles. The molecule has 0 radical (unpaired) electrons. The van der Waals surface area contributed by atoms with Crippen LogP contribution in [0.1, 0.15) is 55.0 Å². The van der Waals surface area contributed by atoms with Crippen LogP contribution in [0.5, 0.6) is 0 Å². The smallest absolute Gasteiger partial charge is 0.0474 e. The van der Waals surface area contributed by atoms with Crippen LogP contribution in [0.25, 0.3) is 0 Å². The first-order valence-electron chi connectivity index (χ1n) is 9.80. The molecule has 2 rings (SSSR count). The number of hydrogen-bond acceptors (Lipinski definition) is 3. The second-order valence-electron chi connectivity index (χ2n) is 7.84. The quantitative estimate of drug-likeness (QED) is 0.654. The molecule has 1 aromatic carbocycles. The average Bonchev–Trinajstić information content (AvgIpc) is 2.63. The van der Waals surface area contributed by atoms with Crippen LogP contribution in [0.3, 0.4) is 0 Å². The van der Waals surface area contributed by atoms with Gasteiger partial charge in [0.15, 0.2) is 0 Å². The van der Waals surface area contributed by atoms with Crippen LogP contribution in [0, 0.1) is 25.7 Å². The van der Waals surface area contributed by atoms with Crippen LogP contribution in [0.2, 0.25) is 0 Å². The van der Waals surface area contributed by atoms with E-state index < -0.39 is 0 Å². The highest BCUT2D eigenvalue weighted by molar-refractivity contribution is 5.26. The van der Waals surface area contributed by atoms with Gasteiger partial charge in [0.05, 0.1) is 0 Å². The predicted octanol–water partition coefficient (Wildman–Crippen LogP) is 4.62. The van der Waals surface area contributed by atoms with E-state index in [1.54, 1.807) is 0 Å². The number of nitrogens with zero attached hydrogens (tertiary/aromatic N) is 1. The van der Waals surface area contributed by atoms with Crippen molar-refractivity contribution < 1.29 is 5.11 Å². The summed E-state index contributed by atoms with van der Waals surface area (Å²) in [6, 6.07) is 10.8. The molecule has 2 aromatic rings. The number of rotatable bonds is 10. The van der Waals surface area contributed by atoms with Crippen molar-refractivity contribution in [1.82, 2.24) is 10.3 Å². The van der Waals surface area contributed by atoms with Gasteiger partial charge in [0.2, 0.25) is 0 Å². The predicted molar refractivity (Wildman–Crippen MR) is 109 cm³/mol. The zero-order valence-corrected chi connectivity index (χ0v) is 16.7. The van der Waals surface area contributed by atoms with Gasteiger partial charge in [-0.05, 0) is 73.3 Å². The molecule has 142 valence electrons. The minimum Gasteiger partial charge on any atom is -0.396 e. The van der Waals surface area contributed by atoms with E-state index >= 15 is 0 Å². The van der Waals surface area contributed by atoms with Crippen LogP contribution in [0.4, 0.5) is 0 Å². The molecule has 1 heterocycles. The number of nitrogens with one attached hydrogen (secondary N) is 1. The van der Waals surface area contributed by atoms with Crippen molar-refractivity contribution in [2.45, 2.75) is 53.0 Å². The van der Waals surface area contributed by atoms with E-state index in [0.717, 1.165) is 19.4 Å². The third kappa shape index (κ3) is 6.22. The highest BCUT2D eigenvalue weighted by Crippen LogP contribution is 2.24. The SMILES string of the molecule is Cc1ccccc1CC(CO)CNC(CCC(C)C)c1cnccc1C. The minimum atomic E-state index is 0.199. The fourth-order valence-corrected chi connectivity index (χ4v) is 3.37. The maximum atomic E-state index is 9.88. The number of aryl methyl sites for hydroxylation is 2. The molecule has 0 aliphatic rings. The number of aliphatic hydroxyl groups is 1. The van der Waals surface area contributed by atoms with Gasteiger partial charge in [-0.25, -0.2) is 0 Å². The third-order valence-corrected chi connectivity index (χ3v) is 5.17. The maximum absolute atomic E-state index is 9.88. The Morgan fingerprint density at radius 2 is 1.81 bits per heavy atom. The molecule has 26 heavy (non-hydrogen) atoms. The molecular formula is C23H34N2O. The topological polar surface area (TPSA) is 45.1 Å². The van der Waals surface area contributed by atoms with Crippen molar-refractivity contribution in [3.63, 3.8) is 0 Å². The Morgan fingerprint density at radius 3 is 2.46 bits per heavy atom. The van der Waals surface area contributed by atoms with Gasteiger partial charge in [-0.1, -0.05) is 38.1 Å². The first kappa shape index (κ1) is 20.6. The van der Waals surface area contributed by atoms with E-state index in [4.69, 9.17) is 0 Å². The Hall–Kier alpha value is -1.71. The van der Waals surface area contributed by atoms with Crippen LogP contribution in [-0.2, 0) is 6.42 Å². The Bertz CT molecular complexity index is 669. The summed E-state index contributed by atoms with van der Waals surface area (Å²) < 4.78 is 0. The third-order valence-electron chi connectivity index (χ3n) is 5.17. The van der Waals surface area contributed by atoms with Gasteiger partial charge in [0.1, 0.15) is 0 Å². The summed E-state index contributed by atoms with van der Waals surface area (Å²) in [6.45, 7) is 9.83. The molecule has 3 nitrogen and oxygen atoms in total. The lowest BCUT2D eigenvalue weighted by Crippen LogP contribution is -2.31. The van der Waals surface area contributed by atoms with Crippen molar-refractivity contribution in [2.75, 3.05) is 13.2 Å².